The van der Waals surface area contributed by atoms with Crippen LogP contribution in [0.1, 0.15) is 18.6 Å². The van der Waals surface area contributed by atoms with E-state index in [0.717, 1.165) is 5.56 Å². The monoisotopic (exact) mass is 219 g/mol. The zero-order valence-corrected chi connectivity index (χ0v) is 9.48. The minimum absolute atomic E-state index is 0.209. The molecule has 3 nitrogen and oxygen atoms in total. The van der Waals surface area contributed by atoms with Crippen molar-refractivity contribution in [2.45, 2.75) is 13.0 Å². The van der Waals surface area contributed by atoms with Gasteiger partial charge in [-0.2, -0.15) is 0 Å². The highest BCUT2D eigenvalue weighted by atomic mass is 16.5. The predicted octanol–water partition coefficient (Wildman–Crippen LogP) is 2.07. The zero-order chi connectivity index (χ0) is 11.8. The van der Waals surface area contributed by atoms with E-state index in [0.29, 0.717) is 6.54 Å². The van der Waals surface area contributed by atoms with Crippen LogP contribution in [-0.2, 0) is 9.53 Å². The molecule has 0 bridgehead atoms. The molecular formula is C13H17NO2. The molecule has 3 heteroatoms. The van der Waals surface area contributed by atoms with E-state index in [9.17, 15) is 4.79 Å². The Balaban J connectivity index is 2.36. The van der Waals surface area contributed by atoms with E-state index in [2.05, 4.69) is 11.9 Å². The highest BCUT2D eigenvalue weighted by molar-refractivity contribution is 5.71. The lowest BCUT2D eigenvalue weighted by Crippen LogP contribution is -2.25. The maximum atomic E-state index is 11.4. The molecule has 0 heterocycles. The Morgan fingerprint density at radius 3 is 2.81 bits per heavy atom. The molecule has 16 heavy (non-hydrogen) atoms. The summed E-state index contributed by atoms with van der Waals surface area (Å²) >= 11 is 0. The molecule has 0 fully saturated rings. The van der Waals surface area contributed by atoms with Gasteiger partial charge in [0, 0.05) is 6.54 Å². The number of carbonyl (C=O) groups is 1. The van der Waals surface area contributed by atoms with E-state index in [1.807, 2.05) is 37.3 Å². The molecule has 1 aromatic carbocycles. The summed E-state index contributed by atoms with van der Waals surface area (Å²) in [4.78, 5) is 11.4. The summed E-state index contributed by atoms with van der Waals surface area (Å²) in [7, 11) is 0. The van der Waals surface area contributed by atoms with Crippen LogP contribution >= 0.6 is 0 Å². The minimum atomic E-state index is -0.252. The lowest BCUT2D eigenvalue weighted by molar-refractivity contribution is -0.147. The third-order valence-corrected chi connectivity index (χ3v) is 2.14. The molecule has 0 aromatic heterocycles. The molecular weight excluding hydrogens is 202 g/mol. The van der Waals surface area contributed by atoms with Crippen LogP contribution in [0.15, 0.2) is 43.0 Å². The number of hydrogen-bond acceptors (Lipinski definition) is 3. The Labute approximate surface area is 96.1 Å². The Kier molecular flexibility index (Phi) is 5.29. The van der Waals surface area contributed by atoms with Crippen molar-refractivity contribution in [2.24, 2.45) is 0 Å². The first kappa shape index (κ1) is 12.5. The number of carbonyl (C=O) groups excluding carboxylic acids is 1. The third-order valence-electron chi connectivity index (χ3n) is 2.14. The maximum absolute atomic E-state index is 11.4. The van der Waals surface area contributed by atoms with Crippen molar-refractivity contribution in [3.63, 3.8) is 0 Å². The van der Waals surface area contributed by atoms with Gasteiger partial charge in [-0.05, 0) is 12.5 Å². The number of hydrogen-bond donors (Lipinski definition) is 1. The summed E-state index contributed by atoms with van der Waals surface area (Å²) in [5.74, 6) is -0.252. The number of ether oxygens (including phenoxy) is 1. The second kappa shape index (κ2) is 6.80. The van der Waals surface area contributed by atoms with Crippen molar-refractivity contribution in [3.05, 3.63) is 48.6 Å². The minimum Gasteiger partial charge on any atom is -0.457 e. The van der Waals surface area contributed by atoms with Gasteiger partial charge in [0.05, 0.1) is 6.54 Å². The van der Waals surface area contributed by atoms with Gasteiger partial charge in [0.15, 0.2) is 0 Å². The number of rotatable bonds is 6. The van der Waals surface area contributed by atoms with Crippen molar-refractivity contribution < 1.29 is 9.53 Å². The lowest BCUT2D eigenvalue weighted by Gasteiger charge is -2.13. The molecule has 1 rings (SSSR count). The van der Waals surface area contributed by atoms with Crippen molar-refractivity contribution in [1.29, 1.82) is 0 Å². The highest BCUT2D eigenvalue weighted by Gasteiger charge is 2.10. The topological polar surface area (TPSA) is 38.3 Å². The molecule has 1 N–H and O–H groups in total. The second-order valence-corrected chi connectivity index (χ2v) is 3.46. The number of esters is 1. The molecule has 0 saturated heterocycles. The van der Waals surface area contributed by atoms with Crippen molar-refractivity contribution in [1.82, 2.24) is 5.32 Å². The van der Waals surface area contributed by atoms with E-state index >= 15 is 0 Å². The fraction of sp³-hybridized carbons (Fsp3) is 0.308. The van der Waals surface area contributed by atoms with Crippen LogP contribution < -0.4 is 5.32 Å². The Hall–Kier alpha value is -1.61. The normalized spacial score (nSPS) is 11.8. The van der Waals surface area contributed by atoms with Gasteiger partial charge in [0.1, 0.15) is 6.10 Å². The largest absolute Gasteiger partial charge is 0.457 e. The van der Waals surface area contributed by atoms with Crippen molar-refractivity contribution in [3.8, 4) is 0 Å². The van der Waals surface area contributed by atoms with Crippen molar-refractivity contribution >= 4 is 5.97 Å². The lowest BCUT2D eigenvalue weighted by atomic mass is 10.1. The molecule has 0 aliphatic heterocycles. The molecule has 0 aliphatic rings. The zero-order valence-electron chi connectivity index (χ0n) is 9.48. The Bertz CT molecular complexity index is 335. The molecule has 86 valence electrons. The van der Waals surface area contributed by atoms with E-state index in [-0.39, 0.29) is 18.6 Å². The van der Waals surface area contributed by atoms with Gasteiger partial charge >= 0.3 is 5.97 Å². The molecule has 1 unspecified atom stereocenters. The fourth-order valence-electron chi connectivity index (χ4n) is 1.31. The molecule has 1 atom stereocenters. The summed E-state index contributed by atoms with van der Waals surface area (Å²) in [5, 5.41) is 2.90. The van der Waals surface area contributed by atoms with E-state index < -0.39 is 0 Å². The first-order valence-corrected chi connectivity index (χ1v) is 5.30. The summed E-state index contributed by atoms with van der Waals surface area (Å²) in [6, 6.07) is 9.67. The molecule has 1 aromatic rings. The van der Waals surface area contributed by atoms with E-state index in [1.54, 1.807) is 6.08 Å². The van der Waals surface area contributed by atoms with Crippen LogP contribution in [0.25, 0.3) is 0 Å². The quantitative estimate of drug-likeness (QED) is 0.452. The van der Waals surface area contributed by atoms with Crippen LogP contribution in [0.3, 0.4) is 0 Å². The molecule has 0 aliphatic carbocycles. The van der Waals surface area contributed by atoms with Crippen LogP contribution in [0, 0.1) is 0 Å². The Morgan fingerprint density at radius 2 is 2.19 bits per heavy atom. The van der Waals surface area contributed by atoms with Gasteiger partial charge in [-0.1, -0.05) is 36.4 Å². The predicted molar refractivity (Wildman–Crippen MR) is 64.0 cm³/mol. The average Bonchev–Trinajstić information content (AvgIpc) is 2.30. The summed E-state index contributed by atoms with van der Waals surface area (Å²) in [6.45, 7) is 6.23. The van der Waals surface area contributed by atoms with Gasteiger partial charge in [-0.25, -0.2) is 0 Å². The smallest absolute Gasteiger partial charge is 0.320 e. The second-order valence-electron chi connectivity index (χ2n) is 3.46. The maximum Gasteiger partial charge on any atom is 0.320 e. The van der Waals surface area contributed by atoms with E-state index in [1.165, 1.54) is 0 Å². The summed E-state index contributed by atoms with van der Waals surface area (Å²) < 4.78 is 5.25. The number of benzene rings is 1. The third kappa shape index (κ3) is 4.28. The van der Waals surface area contributed by atoms with Crippen LogP contribution in [0.4, 0.5) is 0 Å². The molecule has 0 radical (unpaired) electrons. The van der Waals surface area contributed by atoms with Gasteiger partial charge in [0.25, 0.3) is 0 Å². The van der Waals surface area contributed by atoms with Crippen LogP contribution in [-0.4, -0.2) is 19.1 Å². The highest BCUT2D eigenvalue weighted by Crippen LogP contribution is 2.15. The Morgan fingerprint density at radius 1 is 1.50 bits per heavy atom. The van der Waals surface area contributed by atoms with Crippen molar-refractivity contribution in [2.75, 3.05) is 13.1 Å². The molecule has 0 saturated carbocycles. The molecule has 0 spiro atoms. The van der Waals surface area contributed by atoms with Gasteiger partial charge in [-0.15, -0.1) is 6.58 Å². The summed E-state index contributed by atoms with van der Waals surface area (Å²) in [5.41, 5.74) is 1.000. The average molecular weight is 219 g/mol. The van der Waals surface area contributed by atoms with E-state index in [4.69, 9.17) is 4.74 Å². The van der Waals surface area contributed by atoms with Crippen LogP contribution in [0.2, 0.25) is 0 Å². The first-order valence-electron chi connectivity index (χ1n) is 5.30. The van der Waals surface area contributed by atoms with Gasteiger partial charge < -0.3 is 10.1 Å². The molecule has 0 amide bonds. The van der Waals surface area contributed by atoms with Gasteiger partial charge in [-0.3, -0.25) is 4.79 Å². The fourth-order valence-corrected chi connectivity index (χ4v) is 1.31. The summed E-state index contributed by atoms with van der Waals surface area (Å²) in [6.07, 6.45) is 1.49. The van der Waals surface area contributed by atoms with Crippen LogP contribution in [0.5, 0.6) is 0 Å². The van der Waals surface area contributed by atoms with Gasteiger partial charge in [0.2, 0.25) is 0 Å². The number of nitrogens with one attached hydrogen (secondary N) is 1. The first-order chi connectivity index (χ1) is 7.74. The standard InChI is InChI=1S/C13H17NO2/c1-3-9-14-10-13(15)16-11(2)12-7-5-4-6-8-12/h3-8,11,14H,1,9-10H2,2H3. The SMILES string of the molecule is C=CCNCC(=O)OC(C)c1ccccc1.